The molecule has 1 atom stereocenters. The molecule has 0 rings (SSSR count). The van der Waals surface area contributed by atoms with Crippen molar-refractivity contribution >= 4 is 0 Å². The summed E-state index contributed by atoms with van der Waals surface area (Å²) in [6.45, 7) is 6.65. The van der Waals surface area contributed by atoms with E-state index in [4.69, 9.17) is 0 Å². The summed E-state index contributed by atoms with van der Waals surface area (Å²) in [5, 5.41) is 0. The Bertz CT molecular complexity index is 208. The number of hydrogen-bond donors (Lipinski definition) is 0. The van der Waals surface area contributed by atoms with E-state index in [-0.39, 0.29) is 0 Å². The fourth-order valence-corrected chi connectivity index (χ4v) is 1.55. The van der Waals surface area contributed by atoms with Gasteiger partial charge in [-0.1, -0.05) is 63.1 Å². The molecule has 0 N–H and O–H groups in total. The van der Waals surface area contributed by atoms with E-state index in [1.165, 1.54) is 38.5 Å². The highest BCUT2D eigenvalue weighted by atomic mass is 14.0. The van der Waals surface area contributed by atoms with Crippen LogP contribution in [0.4, 0.5) is 0 Å². The largest absolute Gasteiger partial charge is 0.0917 e. The molecule has 0 heteroatoms. The highest BCUT2D eigenvalue weighted by Crippen LogP contribution is 2.11. The third kappa shape index (κ3) is 11.3. The molecule has 16 heavy (non-hydrogen) atoms. The molecule has 0 spiro atoms. The van der Waals surface area contributed by atoms with Gasteiger partial charge < -0.3 is 0 Å². The van der Waals surface area contributed by atoms with E-state index >= 15 is 0 Å². The molecule has 0 amide bonds. The van der Waals surface area contributed by atoms with Crippen molar-refractivity contribution in [1.82, 2.24) is 0 Å². The third-order valence-electron chi connectivity index (χ3n) is 2.71. The van der Waals surface area contributed by atoms with E-state index in [0.717, 1.165) is 5.92 Å². The van der Waals surface area contributed by atoms with Crippen molar-refractivity contribution in [3.8, 4) is 0 Å². The van der Waals surface area contributed by atoms with Crippen LogP contribution in [0.15, 0.2) is 36.5 Å². The molecule has 0 aliphatic heterocycles. The molecular weight excluding hydrogens is 192 g/mol. The van der Waals surface area contributed by atoms with Gasteiger partial charge in [-0.2, -0.15) is 0 Å². The maximum Gasteiger partial charge on any atom is -0.0322 e. The lowest BCUT2D eigenvalue weighted by atomic mass is 10.0. The summed E-state index contributed by atoms with van der Waals surface area (Å²) in [4.78, 5) is 0. The minimum absolute atomic E-state index is 0.802. The van der Waals surface area contributed by atoms with Crippen molar-refractivity contribution in [2.75, 3.05) is 0 Å². The number of hydrogen-bond acceptors (Lipinski definition) is 0. The fourth-order valence-electron chi connectivity index (χ4n) is 1.55. The van der Waals surface area contributed by atoms with Crippen molar-refractivity contribution < 1.29 is 0 Å². The molecule has 0 aliphatic carbocycles. The second-order valence-electron chi connectivity index (χ2n) is 4.49. The van der Waals surface area contributed by atoms with Crippen LogP contribution in [-0.4, -0.2) is 0 Å². The Morgan fingerprint density at radius 1 is 1.00 bits per heavy atom. The Hall–Kier alpha value is -0.780. The molecule has 0 bridgehead atoms. The van der Waals surface area contributed by atoms with Gasteiger partial charge in [0.1, 0.15) is 0 Å². The van der Waals surface area contributed by atoms with Crippen LogP contribution in [0.25, 0.3) is 0 Å². The van der Waals surface area contributed by atoms with Crippen LogP contribution in [0.1, 0.15) is 59.3 Å². The zero-order chi connectivity index (χ0) is 12.1. The summed E-state index contributed by atoms with van der Waals surface area (Å²) < 4.78 is 0. The van der Waals surface area contributed by atoms with Crippen LogP contribution >= 0.6 is 0 Å². The van der Waals surface area contributed by atoms with Gasteiger partial charge in [-0.3, -0.25) is 0 Å². The molecule has 0 saturated heterocycles. The van der Waals surface area contributed by atoms with Gasteiger partial charge in [-0.05, 0) is 38.5 Å². The van der Waals surface area contributed by atoms with Crippen LogP contribution in [-0.2, 0) is 0 Å². The average Bonchev–Trinajstić information content (AvgIpc) is 2.28. The van der Waals surface area contributed by atoms with E-state index in [0.29, 0.717) is 0 Å². The Kier molecular flexibility index (Phi) is 11.7. The first-order valence-corrected chi connectivity index (χ1v) is 6.74. The number of rotatable bonds is 9. The smallest absolute Gasteiger partial charge is 0.0322 e. The molecular formula is C16H28. The minimum Gasteiger partial charge on any atom is -0.0917 e. The third-order valence-corrected chi connectivity index (χ3v) is 2.71. The lowest BCUT2D eigenvalue weighted by molar-refractivity contribution is 0.546. The van der Waals surface area contributed by atoms with Gasteiger partial charge in [-0.15, -0.1) is 0 Å². The lowest BCUT2D eigenvalue weighted by Crippen LogP contribution is -1.90. The van der Waals surface area contributed by atoms with Gasteiger partial charge in [0.15, 0.2) is 0 Å². The quantitative estimate of drug-likeness (QED) is 0.267. The molecule has 1 unspecified atom stereocenters. The van der Waals surface area contributed by atoms with Crippen molar-refractivity contribution in [2.45, 2.75) is 59.3 Å². The van der Waals surface area contributed by atoms with Crippen LogP contribution in [0.2, 0.25) is 0 Å². The zero-order valence-corrected chi connectivity index (χ0v) is 11.3. The molecule has 0 radical (unpaired) electrons. The summed E-state index contributed by atoms with van der Waals surface area (Å²) in [7, 11) is 0. The Morgan fingerprint density at radius 3 is 2.44 bits per heavy atom. The molecule has 0 saturated carbocycles. The molecule has 0 aliphatic rings. The van der Waals surface area contributed by atoms with E-state index in [1.807, 2.05) is 0 Å². The maximum atomic E-state index is 2.33. The second-order valence-corrected chi connectivity index (χ2v) is 4.49. The topological polar surface area (TPSA) is 0 Å². The van der Waals surface area contributed by atoms with Crippen LogP contribution in [0.5, 0.6) is 0 Å². The Balaban J connectivity index is 3.46. The Labute approximate surface area is 102 Å². The Morgan fingerprint density at radius 2 is 1.75 bits per heavy atom. The van der Waals surface area contributed by atoms with Gasteiger partial charge in [0, 0.05) is 0 Å². The SMILES string of the molecule is CC=CCCC(C)CC=CC=CCCCC. The molecule has 0 aromatic heterocycles. The molecule has 0 heterocycles. The fraction of sp³-hybridized carbons (Fsp3) is 0.625. The van der Waals surface area contributed by atoms with Crippen LogP contribution in [0.3, 0.4) is 0 Å². The molecule has 0 fully saturated rings. The summed E-state index contributed by atoms with van der Waals surface area (Å²) in [5.41, 5.74) is 0. The molecule has 0 aromatic rings. The predicted octanol–water partition coefficient (Wildman–Crippen LogP) is 5.67. The van der Waals surface area contributed by atoms with Crippen molar-refractivity contribution in [2.24, 2.45) is 5.92 Å². The average molecular weight is 220 g/mol. The molecule has 0 aromatic carbocycles. The second kappa shape index (κ2) is 12.3. The van der Waals surface area contributed by atoms with Crippen molar-refractivity contribution in [3.63, 3.8) is 0 Å². The van der Waals surface area contributed by atoms with Gasteiger partial charge in [0.05, 0.1) is 0 Å². The van der Waals surface area contributed by atoms with Crippen molar-refractivity contribution in [3.05, 3.63) is 36.5 Å². The van der Waals surface area contributed by atoms with Gasteiger partial charge >= 0.3 is 0 Å². The standard InChI is InChI=1S/C16H28/c1-4-6-8-9-10-11-13-15-16(3)14-12-7-5-2/h5,7,9-11,13,16H,4,6,8,12,14-15H2,1-3H3. The highest BCUT2D eigenvalue weighted by Gasteiger charge is 1.96. The summed E-state index contributed by atoms with van der Waals surface area (Å²) >= 11 is 0. The predicted molar refractivity (Wildman–Crippen MR) is 75.6 cm³/mol. The van der Waals surface area contributed by atoms with E-state index in [1.54, 1.807) is 0 Å². The normalized spacial score (nSPS) is 14.4. The van der Waals surface area contributed by atoms with Crippen LogP contribution < -0.4 is 0 Å². The van der Waals surface area contributed by atoms with E-state index in [9.17, 15) is 0 Å². The first kappa shape index (κ1) is 15.2. The maximum absolute atomic E-state index is 2.33. The molecule has 92 valence electrons. The van der Waals surface area contributed by atoms with E-state index in [2.05, 4.69) is 57.2 Å². The lowest BCUT2D eigenvalue weighted by Gasteiger charge is -2.05. The monoisotopic (exact) mass is 220 g/mol. The number of allylic oxidation sites excluding steroid dienone is 6. The first-order chi connectivity index (χ1) is 7.81. The van der Waals surface area contributed by atoms with E-state index < -0.39 is 0 Å². The summed E-state index contributed by atoms with van der Waals surface area (Å²) in [6.07, 6.45) is 20.9. The van der Waals surface area contributed by atoms with Gasteiger partial charge in [-0.25, -0.2) is 0 Å². The van der Waals surface area contributed by atoms with Gasteiger partial charge in [0.2, 0.25) is 0 Å². The molecule has 0 nitrogen and oxygen atoms in total. The number of unbranched alkanes of at least 4 members (excludes halogenated alkanes) is 2. The first-order valence-electron chi connectivity index (χ1n) is 6.74. The summed E-state index contributed by atoms with van der Waals surface area (Å²) in [6, 6.07) is 0. The zero-order valence-electron chi connectivity index (χ0n) is 11.3. The highest BCUT2D eigenvalue weighted by molar-refractivity contribution is 5.02. The van der Waals surface area contributed by atoms with Gasteiger partial charge in [0.25, 0.3) is 0 Å². The summed E-state index contributed by atoms with van der Waals surface area (Å²) in [5.74, 6) is 0.802. The van der Waals surface area contributed by atoms with Crippen molar-refractivity contribution in [1.29, 1.82) is 0 Å². The van der Waals surface area contributed by atoms with Crippen LogP contribution in [0, 0.1) is 5.92 Å². The minimum atomic E-state index is 0.802.